The predicted octanol–water partition coefficient (Wildman–Crippen LogP) is 1.50. The van der Waals surface area contributed by atoms with Crippen LogP contribution in [0.2, 0.25) is 0 Å². The fourth-order valence-electron chi connectivity index (χ4n) is 1.29. The number of ketones is 1. The normalized spacial score (nSPS) is 10.8. The maximum Gasteiger partial charge on any atom is 0.195 e. The number of Topliss-reactive ketones (excluding diaryl/α,β-unsaturated/α-hetero) is 1. The van der Waals surface area contributed by atoms with Crippen LogP contribution in [0.15, 0.2) is 16.9 Å². The first-order chi connectivity index (χ1) is 7.15. The number of aromatic nitrogens is 3. The first-order valence-corrected chi connectivity index (χ1v) is 5.34. The van der Waals surface area contributed by atoms with Crippen molar-refractivity contribution in [3.8, 4) is 0 Å². The second-order valence-electron chi connectivity index (χ2n) is 2.84. The van der Waals surface area contributed by atoms with E-state index in [2.05, 4.69) is 26.0 Å². The van der Waals surface area contributed by atoms with Gasteiger partial charge in [-0.3, -0.25) is 4.79 Å². The van der Waals surface area contributed by atoms with Crippen LogP contribution in [0.25, 0.3) is 5.52 Å². The fraction of sp³-hybridized carbons (Fsp3) is 0.125. The smallest absolute Gasteiger partial charge is 0.195 e. The molecule has 2 N–H and O–H groups in total. The molecule has 0 saturated carbocycles. The van der Waals surface area contributed by atoms with Crippen LogP contribution in [0.1, 0.15) is 10.5 Å². The number of hydrogen-bond acceptors (Lipinski definition) is 4. The van der Waals surface area contributed by atoms with Crippen LogP contribution >= 0.6 is 27.5 Å². The van der Waals surface area contributed by atoms with Crippen molar-refractivity contribution < 1.29 is 4.79 Å². The Morgan fingerprint density at radius 1 is 1.67 bits per heavy atom. The molecule has 0 aromatic carbocycles. The minimum atomic E-state index is -0.213. The summed E-state index contributed by atoms with van der Waals surface area (Å²) in [6.45, 7) is 0. The standard InChI is InChI=1S/C8H6BrClN4O/c9-4-1-5(6(15)2-10)14-7(4)8(11)12-3-13-14/h1,3H,2H2,(H2,11,12,13). The summed E-state index contributed by atoms with van der Waals surface area (Å²) in [6.07, 6.45) is 1.29. The molecule has 2 rings (SSSR count). The van der Waals surface area contributed by atoms with E-state index in [0.29, 0.717) is 21.5 Å². The van der Waals surface area contributed by atoms with Crippen LogP contribution in [0.3, 0.4) is 0 Å². The van der Waals surface area contributed by atoms with Gasteiger partial charge in [0.05, 0.1) is 5.88 Å². The van der Waals surface area contributed by atoms with Crippen molar-refractivity contribution in [2.24, 2.45) is 0 Å². The zero-order valence-corrected chi connectivity index (χ0v) is 9.79. The number of fused-ring (bicyclic) bond motifs is 1. The highest BCUT2D eigenvalue weighted by Crippen LogP contribution is 2.25. The number of carbonyl (C=O) groups excluding carboxylic acids is 1. The molecular weight excluding hydrogens is 283 g/mol. The number of rotatable bonds is 2. The SMILES string of the molecule is Nc1ncnn2c(C(=O)CCl)cc(Br)c12. The van der Waals surface area contributed by atoms with Gasteiger partial charge >= 0.3 is 0 Å². The zero-order valence-electron chi connectivity index (χ0n) is 7.44. The average molecular weight is 290 g/mol. The molecule has 2 aromatic heterocycles. The largest absolute Gasteiger partial charge is 0.382 e. The van der Waals surface area contributed by atoms with Gasteiger partial charge in [0.25, 0.3) is 0 Å². The van der Waals surface area contributed by atoms with E-state index in [1.54, 1.807) is 6.07 Å². The van der Waals surface area contributed by atoms with Gasteiger partial charge in [-0.05, 0) is 22.0 Å². The summed E-state index contributed by atoms with van der Waals surface area (Å²) >= 11 is 8.77. The van der Waals surface area contributed by atoms with E-state index in [0.717, 1.165) is 0 Å². The van der Waals surface area contributed by atoms with Crippen molar-refractivity contribution in [1.29, 1.82) is 0 Å². The van der Waals surface area contributed by atoms with Crippen LogP contribution in [0.4, 0.5) is 5.82 Å². The Hall–Kier alpha value is -1.14. The van der Waals surface area contributed by atoms with E-state index >= 15 is 0 Å². The van der Waals surface area contributed by atoms with Crippen molar-refractivity contribution in [1.82, 2.24) is 14.6 Å². The van der Waals surface area contributed by atoms with Gasteiger partial charge in [0.2, 0.25) is 0 Å². The Bertz CT molecular complexity index is 539. The first kappa shape index (κ1) is 10.4. The van der Waals surface area contributed by atoms with E-state index in [1.807, 2.05) is 0 Å². The molecule has 0 saturated heterocycles. The molecule has 0 aliphatic rings. The van der Waals surface area contributed by atoms with Crippen molar-refractivity contribution in [2.45, 2.75) is 0 Å². The van der Waals surface area contributed by atoms with Crippen molar-refractivity contribution in [3.63, 3.8) is 0 Å². The summed E-state index contributed by atoms with van der Waals surface area (Å²) in [7, 11) is 0. The first-order valence-electron chi connectivity index (χ1n) is 4.02. The topological polar surface area (TPSA) is 73.3 Å². The van der Waals surface area contributed by atoms with E-state index in [4.69, 9.17) is 17.3 Å². The third-order valence-corrected chi connectivity index (χ3v) is 2.79. The van der Waals surface area contributed by atoms with Gasteiger partial charge < -0.3 is 5.73 Å². The van der Waals surface area contributed by atoms with E-state index in [1.165, 1.54) is 10.8 Å². The maximum atomic E-state index is 11.5. The molecular formula is C8H6BrClN4O. The third kappa shape index (κ3) is 1.59. The van der Waals surface area contributed by atoms with Crippen LogP contribution < -0.4 is 5.73 Å². The lowest BCUT2D eigenvalue weighted by Crippen LogP contribution is -2.08. The van der Waals surface area contributed by atoms with Gasteiger partial charge in [0, 0.05) is 4.47 Å². The summed E-state index contributed by atoms with van der Waals surface area (Å²) in [6, 6.07) is 1.63. The lowest BCUT2D eigenvalue weighted by molar-refractivity contribution is 0.101. The lowest BCUT2D eigenvalue weighted by atomic mass is 10.3. The number of nitrogen functional groups attached to an aromatic ring is 1. The van der Waals surface area contributed by atoms with Gasteiger partial charge in [-0.25, -0.2) is 9.50 Å². The number of halogens is 2. The molecule has 0 aliphatic heterocycles. The number of nitrogens with zero attached hydrogens (tertiary/aromatic N) is 3. The highest BCUT2D eigenvalue weighted by Gasteiger charge is 2.16. The summed E-state index contributed by atoms with van der Waals surface area (Å²) in [5.41, 5.74) is 6.63. The van der Waals surface area contributed by atoms with Crippen molar-refractivity contribution in [3.05, 3.63) is 22.6 Å². The summed E-state index contributed by atoms with van der Waals surface area (Å²) in [4.78, 5) is 15.3. The highest BCUT2D eigenvalue weighted by molar-refractivity contribution is 9.10. The third-order valence-electron chi connectivity index (χ3n) is 1.94. The van der Waals surface area contributed by atoms with Crippen LogP contribution in [-0.2, 0) is 0 Å². The Kier molecular flexibility index (Phi) is 2.62. The fourth-order valence-corrected chi connectivity index (χ4v) is 2.01. The maximum absolute atomic E-state index is 11.5. The molecule has 0 amide bonds. The van der Waals surface area contributed by atoms with Crippen LogP contribution in [0.5, 0.6) is 0 Å². The number of alkyl halides is 1. The molecule has 0 fully saturated rings. The molecule has 0 unspecified atom stereocenters. The molecule has 0 bridgehead atoms. The monoisotopic (exact) mass is 288 g/mol. The number of nitrogens with two attached hydrogens (primary N) is 1. The summed E-state index contributed by atoms with van der Waals surface area (Å²) in [5, 5.41) is 3.95. The molecule has 7 heteroatoms. The Balaban J connectivity index is 2.79. The molecule has 2 aromatic rings. The predicted molar refractivity (Wildman–Crippen MR) is 60.1 cm³/mol. The molecule has 0 spiro atoms. The highest BCUT2D eigenvalue weighted by atomic mass is 79.9. The second kappa shape index (κ2) is 3.79. The minimum absolute atomic E-state index is 0.0948. The van der Waals surface area contributed by atoms with Gasteiger partial charge in [-0.1, -0.05) is 0 Å². The van der Waals surface area contributed by atoms with E-state index in [9.17, 15) is 4.79 Å². The molecule has 15 heavy (non-hydrogen) atoms. The summed E-state index contributed by atoms with van der Waals surface area (Å²) in [5.74, 6) is 0.00333. The number of anilines is 1. The number of carbonyl (C=O) groups is 1. The van der Waals surface area contributed by atoms with E-state index < -0.39 is 0 Å². The van der Waals surface area contributed by atoms with Crippen molar-refractivity contribution in [2.75, 3.05) is 11.6 Å². The van der Waals surface area contributed by atoms with Gasteiger partial charge in [0.15, 0.2) is 11.6 Å². The molecule has 78 valence electrons. The Labute approximate surface area is 98.4 Å². The quantitative estimate of drug-likeness (QED) is 0.671. The Morgan fingerprint density at radius 2 is 2.40 bits per heavy atom. The average Bonchev–Trinajstić information content (AvgIpc) is 2.56. The molecule has 0 aliphatic carbocycles. The molecule has 2 heterocycles. The molecule has 5 nitrogen and oxygen atoms in total. The van der Waals surface area contributed by atoms with E-state index in [-0.39, 0.29) is 11.7 Å². The second-order valence-corrected chi connectivity index (χ2v) is 3.96. The van der Waals surface area contributed by atoms with Gasteiger partial charge in [0.1, 0.15) is 17.5 Å². The molecule has 0 atom stereocenters. The Morgan fingerprint density at radius 3 is 3.07 bits per heavy atom. The minimum Gasteiger partial charge on any atom is -0.382 e. The zero-order chi connectivity index (χ0) is 11.0. The van der Waals surface area contributed by atoms with Crippen LogP contribution in [-0.4, -0.2) is 26.3 Å². The van der Waals surface area contributed by atoms with Gasteiger partial charge in [-0.2, -0.15) is 5.10 Å². The summed E-state index contributed by atoms with van der Waals surface area (Å²) < 4.78 is 2.10. The molecule has 0 radical (unpaired) electrons. The lowest BCUT2D eigenvalue weighted by Gasteiger charge is -1.99. The van der Waals surface area contributed by atoms with Crippen molar-refractivity contribution >= 4 is 44.6 Å². The van der Waals surface area contributed by atoms with Crippen LogP contribution in [0, 0.1) is 0 Å². The number of hydrogen-bond donors (Lipinski definition) is 1. The van der Waals surface area contributed by atoms with Gasteiger partial charge in [-0.15, -0.1) is 11.6 Å².